The Bertz CT molecular complexity index is 1030. The molecule has 0 atom stereocenters. The summed E-state index contributed by atoms with van der Waals surface area (Å²) in [6.45, 7) is 0. The second-order valence-corrected chi connectivity index (χ2v) is 6.43. The molecule has 2 aromatic heterocycles. The SMILES string of the molecule is O=[N+]([O-])c1cc(C=NNc2ccc(C(F)(F)F)cn2)ccc1Sc1ncccn1. The van der Waals surface area contributed by atoms with Crippen LogP contribution in [0.25, 0.3) is 0 Å². The summed E-state index contributed by atoms with van der Waals surface area (Å²) >= 11 is 1.05. The predicted molar refractivity (Wildman–Crippen MR) is 99.7 cm³/mol. The van der Waals surface area contributed by atoms with Crippen LogP contribution in [0.2, 0.25) is 0 Å². The lowest BCUT2D eigenvalue weighted by atomic mass is 10.2. The first-order valence-electron chi connectivity index (χ1n) is 7.88. The molecule has 3 rings (SSSR count). The summed E-state index contributed by atoms with van der Waals surface area (Å²) in [6, 6.07) is 8.09. The molecule has 0 aliphatic rings. The lowest BCUT2D eigenvalue weighted by Crippen LogP contribution is -2.05. The molecule has 0 radical (unpaired) electrons. The molecule has 0 aliphatic carbocycles. The first-order valence-corrected chi connectivity index (χ1v) is 8.70. The molecule has 8 nitrogen and oxygen atoms in total. The maximum absolute atomic E-state index is 12.5. The molecule has 0 fully saturated rings. The Morgan fingerprint density at radius 2 is 1.90 bits per heavy atom. The summed E-state index contributed by atoms with van der Waals surface area (Å²) in [5.74, 6) is 0.0946. The molecule has 0 saturated carbocycles. The van der Waals surface area contributed by atoms with Crippen LogP contribution in [-0.2, 0) is 6.18 Å². The van der Waals surface area contributed by atoms with Crippen LogP contribution in [0.1, 0.15) is 11.1 Å². The second-order valence-electron chi connectivity index (χ2n) is 5.42. The topological polar surface area (TPSA) is 106 Å². The fraction of sp³-hybridized carbons (Fsp3) is 0.0588. The number of hydrazone groups is 1. The van der Waals surface area contributed by atoms with E-state index in [1.807, 2.05) is 0 Å². The summed E-state index contributed by atoms with van der Waals surface area (Å²) in [4.78, 5) is 22.8. The maximum atomic E-state index is 12.5. The normalized spacial score (nSPS) is 11.6. The molecule has 1 aromatic carbocycles. The maximum Gasteiger partial charge on any atom is 0.417 e. The Morgan fingerprint density at radius 1 is 1.14 bits per heavy atom. The zero-order valence-corrected chi connectivity index (χ0v) is 15.2. The van der Waals surface area contributed by atoms with Crippen molar-refractivity contribution in [3.8, 4) is 0 Å². The zero-order valence-electron chi connectivity index (χ0n) is 14.4. The minimum Gasteiger partial charge on any atom is -0.261 e. The van der Waals surface area contributed by atoms with Crippen LogP contribution in [0.4, 0.5) is 24.7 Å². The first kappa shape index (κ1) is 20.2. The quantitative estimate of drug-likeness (QED) is 0.273. The van der Waals surface area contributed by atoms with E-state index in [9.17, 15) is 23.3 Å². The number of halogens is 3. The van der Waals surface area contributed by atoms with Gasteiger partial charge in [0.05, 0.1) is 21.6 Å². The van der Waals surface area contributed by atoms with Gasteiger partial charge in [-0.15, -0.1) is 0 Å². The summed E-state index contributed by atoms with van der Waals surface area (Å²) in [6.07, 6.45) is 0.560. The minimum atomic E-state index is -4.47. The highest BCUT2D eigenvalue weighted by Crippen LogP contribution is 2.33. The number of nitro groups is 1. The average molecular weight is 420 g/mol. The third-order valence-corrected chi connectivity index (χ3v) is 4.37. The lowest BCUT2D eigenvalue weighted by Gasteiger charge is -2.06. The molecule has 0 amide bonds. The van der Waals surface area contributed by atoms with E-state index in [0.29, 0.717) is 21.8 Å². The number of alkyl halides is 3. The smallest absolute Gasteiger partial charge is 0.261 e. The second kappa shape index (κ2) is 8.65. The fourth-order valence-corrected chi connectivity index (χ4v) is 2.88. The van der Waals surface area contributed by atoms with Gasteiger partial charge in [-0.25, -0.2) is 15.0 Å². The van der Waals surface area contributed by atoms with E-state index >= 15 is 0 Å². The van der Waals surface area contributed by atoms with Crippen LogP contribution in [0.3, 0.4) is 0 Å². The highest BCUT2D eigenvalue weighted by atomic mass is 32.2. The van der Waals surface area contributed by atoms with E-state index in [1.54, 1.807) is 12.1 Å². The highest BCUT2D eigenvalue weighted by molar-refractivity contribution is 7.99. The molecule has 1 N–H and O–H groups in total. The number of anilines is 1. The van der Waals surface area contributed by atoms with Crippen molar-refractivity contribution < 1.29 is 18.1 Å². The fourth-order valence-electron chi connectivity index (χ4n) is 2.08. The van der Waals surface area contributed by atoms with E-state index in [4.69, 9.17) is 0 Å². The van der Waals surface area contributed by atoms with Crippen LogP contribution >= 0.6 is 11.8 Å². The van der Waals surface area contributed by atoms with Gasteiger partial charge in [-0.2, -0.15) is 18.3 Å². The number of nitrogens with one attached hydrogen (secondary N) is 1. The van der Waals surface area contributed by atoms with Crippen molar-refractivity contribution in [1.82, 2.24) is 15.0 Å². The van der Waals surface area contributed by atoms with Gasteiger partial charge >= 0.3 is 6.18 Å². The summed E-state index contributed by atoms with van der Waals surface area (Å²) in [5.41, 5.74) is 1.85. The van der Waals surface area contributed by atoms with Gasteiger partial charge in [-0.1, -0.05) is 6.07 Å². The van der Waals surface area contributed by atoms with Crippen molar-refractivity contribution in [2.45, 2.75) is 16.2 Å². The lowest BCUT2D eigenvalue weighted by molar-refractivity contribution is -0.387. The highest BCUT2D eigenvalue weighted by Gasteiger charge is 2.30. The Balaban J connectivity index is 1.72. The molecule has 29 heavy (non-hydrogen) atoms. The first-order chi connectivity index (χ1) is 13.8. The predicted octanol–water partition coefficient (Wildman–Crippen LogP) is 4.40. The van der Waals surface area contributed by atoms with Crippen molar-refractivity contribution in [2.24, 2.45) is 5.10 Å². The standard InChI is InChI=1S/C17H11F3N6O2S/c18-17(19,20)12-3-5-15(23-10-12)25-24-9-11-2-4-14(13(8-11)26(27)28)29-16-21-6-1-7-22-16/h1-10H,(H,23,25). The number of hydrogen-bond acceptors (Lipinski definition) is 8. The molecular weight excluding hydrogens is 409 g/mol. The molecular formula is C17H11F3N6O2S. The van der Waals surface area contributed by atoms with Gasteiger partial charge in [0, 0.05) is 30.2 Å². The summed E-state index contributed by atoms with van der Waals surface area (Å²) < 4.78 is 37.5. The number of pyridine rings is 1. The van der Waals surface area contributed by atoms with Gasteiger partial charge in [0.15, 0.2) is 5.16 Å². The monoisotopic (exact) mass is 420 g/mol. The molecule has 2 heterocycles. The van der Waals surface area contributed by atoms with Crippen molar-refractivity contribution in [3.63, 3.8) is 0 Å². The average Bonchev–Trinajstić information content (AvgIpc) is 2.69. The van der Waals surface area contributed by atoms with Crippen molar-refractivity contribution in [1.29, 1.82) is 0 Å². The number of aromatic nitrogens is 3. The van der Waals surface area contributed by atoms with Gasteiger partial charge in [-0.05, 0) is 36.0 Å². The zero-order chi connectivity index (χ0) is 20.9. The van der Waals surface area contributed by atoms with Gasteiger partial charge in [0.2, 0.25) is 0 Å². The molecule has 0 saturated heterocycles. The van der Waals surface area contributed by atoms with E-state index in [0.717, 1.165) is 23.9 Å². The van der Waals surface area contributed by atoms with Gasteiger partial charge in [0.1, 0.15) is 5.82 Å². The van der Waals surface area contributed by atoms with Gasteiger partial charge in [0.25, 0.3) is 5.69 Å². The van der Waals surface area contributed by atoms with Crippen molar-refractivity contribution >= 4 is 29.5 Å². The van der Waals surface area contributed by atoms with E-state index < -0.39 is 16.7 Å². The number of benzene rings is 1. The Kier molecular flexibility index (Phi) is 6.02. The van der Waals surface area contributed by atoms with Crippen LogP contribution in [0, 0.1) is 10.1 Å². The molecule has 0 unspecified atom stereocenters. The van der Waals surface area contributed by atoms with Crippen LogP contribution in [0.15, 0.2) is 70.1 Å². The third kappa shape index (κ3) is 5.48. The summed E-state index contributed by atoms with van der Waals surface area (Å²) in [5, 5.41) is 15.6. The number of nitrogens with zero attached hydrogens (tertiary/aromatic N) is 5. The molecule has 0 bridgehead atoms. The Labute approximate surface area is 166 Å². The van der Waals surface area contributed by atoms with E-state index in [1.165, 1.54) is 30.7 Å². The molecule has 12 heteroatoms. The van der Waals surface area contributed by atoms with Crippen LogP contribution in [-0.4, -0.2) is 26.1 Å². The molecule has 0 aliphatic heterocycles. The van der Waals surface area contributed by atoms with Crippen LogP contribution in [0.5, 0.6) is 0 Å². The molecule has 148 valence electrons. The minimum absolute atomic E-state index is 0.0946. The Hall–Kier alpha value is -3.54. The van der Waals surface area contributed by atoms with Gasteiger partial charge in [-0.3, -0.25) is 15.5 Å². The number of rotatable bonds is 6. The largest absolute Gasteiger partial charge is 0.417 e. The van der Waals surface area contributed by atoms with E-state index in [-0.39, 0.29) is 11.5 Å². The molecule has 3 aromatic rings. The van der Waals surface area contributed by atoms with E-state index in [2.05, 4.69) is 25.5 Å². The van der Waals surface area contributed by atoms with Gasteiger partial charge < -0.3 is 0 Å². The van der Waals surface area contributed by atoms with Crippen LogP contribution < -0.4 is 5.43 Å². The summed E-state index contributed by atoms with van der Waals surface area (Å²) in [7, 11) is 0. The number of hydrogen-bond donors (Lipinski definition) is 1. The van der Waals surface area contributed by atoms with Crippen molar-refractivity contribution in [3.05, 3.63) is 76.2 Å². The Morgan fingerprint density at radius 3 is 2.52 bits per heavy atom. The number of nitro benzene ring substituents is 1. The molecule has 0 spiro atoms. The third-order valence-electron chi connectivity index (χ3n) is 3.41. The van der Waals surface area contributed by atoms with Crippen molar-refractivity contribution in [2.75, 3.05) is 5.43 Å².